The van der Waals surface area contributed by atoms with Crippen LogP contribution in [0.1, 0.15) is 36.4 Å². The van der Waals surface area contributed by atoms with Crippen LogP contribution in [0.3, 0.4) is 0 Å². The van der Waals surface area contributed by atoms with Gasteiger partial charge in [0.05, 0.1) is 26.2 Å². The Hall–Kier alpha value is -2.41. The fourth-order valence-electron chi connectivity index (χ4n) is 3.88. The molecule has 26 heavy (non-hydrogen) atoms. The number of hydrogen-bond donors (Lipinski definition) is 3. The lowest BCUT2D eigenvalue weighted by molar-refractivity contribution is -0.909. The van der Waals surface area contributed by atoms with Gasteiger partial charge in [-0.05, 0) is 30.4 Å². The van der Waals surface area contributed by atoms with E-state index >= 15 is 0 Å². The minimum Gasteiger partial charge on any atom is -0.469 e. The van der Waals surface area contributed by atoms with Gasteiger partial charge in [-0.2, -0.15) is 0 Å². The van der Waals surface area contributed by atoms with E-state index in [1.165, 1.54) is 18.2 Å². The summed E-state index contributed by atoms with van der Waals surface area (Å²) in [6.45, 7) is 1.29. The van der Waals surface area contributed by atoms with Gasteiger partial charge in [-0.1, -0.05) is 24.3 Å². The lowest BCUT2D eigenvalue weighted by Crippen LogP contribution is -3.20. The van der Waals surface area contributed by atoms with Crippen molar-refractivity contribution in [2.75, 3.05) is 26.7 Å². The number of quaternary nitrogens is 1. The summed E-state index contributed by atoms with van der Waals surface area (Å²) in [5, 5.41) is 5.88. The highest BCUT2D eigenvalue weighted by molar-refractivity contribution is 5.86. The molecule has 140 valence electrons. The molecule has 0 spiro atoms. The van der Waals surface area contributed by atoms with Crippen molar-refractivity contribution in [1.29, 1.82) is 0 Å². The second-order valence-electron chi connectivity index (χ2n) is 6.92. The van der Waals surface area contributed by atoms with Crippen LogP contribution in [0.2, 0.25) is 0 Å². The molecule has 1 aliphatic heterocycles. The Morgan fingerprint density at radius 3 is 2.96 bits per heavy atom. The molecule has 1 aliphatic carbocycles. The first kappa shape index (κ1) is 18.4. The normalized spacial score (nSPS) is 25.0. The quantitative estimate of drug-likeness (QED) is 0.596. The number of carbonyl (C=O) groups excluding carboxylic acids is 3. The molecule has 3 atom stereocenters. The van der Waals surface area contributed by atoms with E-state index in [-0.39, 0.29) is 30.8 Å². The summed E-state index contributed by atoms with van der Waals surface area (Å²) in [4.78, 5) is 37.1. The Morgan fingerprint density at radius 2 is 2.15 bits per heavy atom. The number of carbonyl (C=O) groups is 3. The zero-order chi connectivity index (χ0) is 18.5. The number of piperazine rings is 1. The number of ether oxygens (including phenoxy) is 1. The maximum Gasteiger partial charge on any atom is 0.312 e. The van der Waals surface area contributed by atoms with E-state index < -0.39 is 12.0 Å². The Balaban J connectivity index is 1.63. The predicted molar refractivity (Wildman–Crippen MR) is 94.4 cm³/mol. The molecule has 1 fully saturated rings. The van der Waals surface area contributed by atoms with Crippen molar-refractivity contribution in [2.24, 2.45) is 0 Å². The zero-order valence-corrected chi connectivity index (χ0v) is 15.0. The van der Waals surface area contributed by atoms with Crippen LogP contribution in [0.25, 0.3) is 0 Å². The van der Waals surface area contributed by atoms with E-state index in [1.54, 1.807) is 0 Å². The van der Waals surface area contributed by atoms with E-state index in [9.17, 15) is 14.4 Å². The number of benzene rings is 1. The average Bonchev–Trinajstić information content (AvgIpc) is 2.64. The molecule has 7 heteroatoms. The number of amides is 2. The van der Waals surface area contributed by atoms with Gasteiger partial charge in [-0.3, -0.25) is 14.4 Å². The van der Waals surface area contributed by atoms with Gasteiger partial charge in [0, 0.05) is 0 Å². The third-order valence-corrected chi connectivity index (χ3v) is 5.25. The molecular formula is C19H26N3O4+. The molecule has 1 aromatic rings. The van der Waals surface area contributed by atoms with Crippen molar-refractivity contribution in [1.82, 2.24) is 10.6 Å². The maximum atomic E-state index is 12.6. The molecule has 2 amide bonds. The lowest BCUT2D eigenvalue weighted by atomic mass is 9.88. The van der Waals surface area contributed by atoms with Gasteiger partial charge in [0.15, 0.2) is 12.6 Å². The monoisotopic (exact) mass is 360 g/mol. The molecule has 3 rings (SSSR count). The summed E-state index contributed by atoms with van der Waals surface area (Å²) in [6.07, 6.45) is 2.99. The molecule has 1 heterocycles. The van der Waals surface area contributed by atoms with Gasteiger partial charge in [0.1, 0.15) is 6.42 Å². The first-order chi connectivity index (χ1) is 12.6. The Bertz CT molecular complexity index is 691. The summed E-state index contributed by atoms with van der Waals surface area (Å²) in [5.41, 5.74) is 2.47. The number of rotatable bonds is 5. The SMILES string of the molecule is COC(=O)C[C@H]1C(=O)NCC[NH+]1CC(=O)N[C@@H]1CCCc2ccccc21. The minimum absolute atomic E-state index is 0.0167. The highest BCUT2D eigenvalue weighted by Gasteiger charge is 2.37. The van der Waals surface area contributed by atoms with Gasteiger partial charge in [-0.25, -0.2) is 0 Å². The zero-order valence-electron chi connectivity index (χ0n) is 15.0. The molecule has 0 radical (unpaired) electrons. The molecular weight excluding hydrogens is 334 g/mol. The van der Waals surface area contributed by atoms with E-state index in [4.69, 9.17) is 0 Å². The number of hydrogen-bond acceptors (Lipinski definition) is 4. The van der Waals surface area contributed by atoms with Crippen molar-refractivity contribution in [3.05, 3.63) is 35.4 Å². The number of esters is 1. The molecule has 3 N–H and O–H groups in total. The van der Waals surface area contributed by atoms with Crippen molar-refractivity contribution >= 4 is 17.8 Å². The average molecular weight is 360 g/mol. The van der Waals surface area contributed by atoms with E-state index in [2.05, 4.69) is 27.5 Å². The van der Waals surface area contributed by atoms with Gasteiger partial charge in [-0.15, -0.1) is 0 Å². The summed E-state index contributed by atoms with van der Waals surface area (Å²) >= 11 is 0. The van der Waals surface area contributed by atoms with Crippen molar-refractivity contribution in [3.8, 4) is 0 Å². The molecule has 1 aromatic carbocycles. The second-order valence-corrected chi connectivity index (χ2v) is 6.92. The summed E-state index contributed by atoms with van der Waals surface area (Å²) in [6, 6.07) is 7.64. The summed E-state index contributed by atoms with van der Waals surface area (Å²) < 4.78 is 4.68. The van der Waals surface area contributed by atoms with Gasteiger partial charge < -0.3 is 20.3 Å². The van der Waals surface area contributed by atoms with Gasteiger partial charge in [0.2, 0.25) is 0 Å². The van der Waals surface area contributed by atoms with Crippen molar-refractivity contribution < 1.29 is 24.0 Å². The first-order valence-corrected chi connectivity index (χ1v) is 9.14. The second kappa shape index (κ2) is 8.31. The van der Waals surface area contributed by atoms with Crippen molar-refractivity contribution in [2.45, 2.75) is 37.8 Å². The Morgan fingerprint density at radius 1 is 1.35 bits per heavy atom. The highest BCUT2D eigenvalue weighted by atomic mass is 16.5. The van der Waals surface area contributed by atoms with Crippen LogP contribution in [0, 0.1) is 0 Å². The molecule has 0 aromatic heterocycles. The Kier molecular flexibility index (Phi) is 5.88. The fourth-order valence-corrected chi connectivity index (χ4v) is 3.88. The molecule has 1 saturated heterocycles. The third-order valence-electron chi connectivity index (χ3n) is 5.25. The molecule has 7 nitrogen and oxygen atoms in total. The number of methoxy groups -OCH3 is 1. The highest BCUT2D eigenvalue weighted by Crippen LogP contribution is 2.29. The molecule has 0 saturated carbocycles. The van der Waals surface area contributed by atoms with Crippen LogP contribution in [-0.4, -0.2) is 50.6 Å². The fraction of sp³-hybridized carbons (Fsp3) is 0.526. The predicted octanol–water partition coefficient (Wildman–Crippen LogP) is -0.873. The molecule has 1 unspecified atom stereocenters. The molecule has 0 bridgehead atoms. The first-order valence-electron chi connectivity index (χ1n) is 9.14. The van der Waals surface area contributed by atoms with Crippen LogP contribution in [0.15, 0.2) is 24.3 Å². The van der Waals surface area contributed by atoms with Crippen LogP contribution in [-0.2, 0) is 25.5 Å². The topological polar surface area (TPSA) is 88.9 Å². The lowest BCUT2D eigenvalue weighted by Gasteiger charge is -2.32. The third kappa shape index (κ3) is 4.22. The van der Waals surface area contributed by atoms with Gasteiger partial charge >= 0.3 is 5.97 Å². The van der Waals surface area contributed by atoms with E-state index in [0.717, 1.165) is 24.2 Å². The summed E-state index contributed by atoms with van der Waals surface area (Å²) in [5.74, 6) is -0.732. The van der Waals surface area contributed by atoms with Crippen LogP contribution in [0.5, 0.6) is 0 Å². The van der Waals surface area contributed by atoms with E-state index in [1.807, 2.05) is 12.1 Å². The largest absolute Gasteiger partial charge is 0.469 e. The molecule has 2 aliphatic rings. The van der Waals surface area contributed by atoms with Crippen LogP contribution >= 0.6 is 0 Å². The van der Waals surface area contributed by atoms with E-state index in [0.29, 0.717) is 13.1 Å². The van der Waals surface area contributed by atoms with Crippen LogP contribution in [0.4, 0.5) is 0 Å². The number of aryl methyl sites for hydroxylation is 1. The Labute approximate surface area is 153 Å². The minimum atomic E-state index is -0.583. The number of nitrogens with one attached hydrogen (secondary N) is 3. The standard InChI is InChI=1S/C19H25N3O4/c1-26-18(24)11-16-19(25)20-9-10-22(16)12-17(23)21-15-8-4-6-13-5-2-3-7-14(13)15/h2-3,5,7,15-16H,4,6,8-12H2,1H3,(H,20,25)(H,21,23)/p+1/t15-,16+/m1/s1. The maximum absolute atomic E-state index is 12.6. The smallest absolute Gasteiger partial charge is 0.312 e. The van der Waals surface area contributed by atoms with Gasteiger partial charge in [0.25, 0.3) is 11.8 Å². The summed E-state index contributed by atoms with van der Waals surface area (Å²) in [7, 11) is 1.30. The van der Waals surface area contributed by atoms with Crippen molar-refractivity contribution in [3.63, 3.8) is 0 Å². The number of fused-ring (bicyclic) bond motifs is 1. The van der Waals surface area contributed by atoms with Crippen LogP contribution < -0.4 is 15.5 Å².